The summed E-state index contributed by atoms with van der Waals surface area (Å²) in [5, 5.41) is 7.96. The van der Waals surface area contributed by atoms with E-state index in [1.165, 1.54) is 17.2 Å². The molecule has 0 amide bonds. The Bertz CT molecular complexity index is 987. The molecule has 0 spiro atoms. The molecule has 29 heavy (non-hydrogen) atoms. The number of benzene rings is 2. The minimum absolute atomic E-state index is 0.214. The molecule has 3 aromatic rings. The highest BCUT2D eigenvalue weighted by molar-refractivity contribution is 7.80. The summed E-state index contributed by atoms with van der Waals surface area (Å²) in [6.07, 6.45) is 5.42. The highest BCUT2D eigenvalue weighted by atomic mass is 32.1. The number of hydrogen-bond donors (Lipinski definition) is 2. The van der Waals surface area contributed by atoms with Crippen LogP contribution in [0.15, 0.2) is 65.9 Å². The highest BCUT2D eigenvalue weighted by Gasteiger charge is 2.08. The molecule has 0 bridgehead atoms. The van der Waals surface area contributed by atoms with Gasteiger partial charge in [0.15, 0.2) is 5.11 Å². The van der Waals surface area contributed by atoms with Gasteiger partial charge in [-0.05, 0) is 54.4 Å². The highest BCUT2D eigenvalue weighted by Crippen LogP contribution is 2.22. The lowest BCUT2D eigenvalue weighted by Crippen LogP contribution is -2.25. The Kier molecular flexibility index (Phi) is 7.14. The number of thiocarbonyl (C=S) groups is 1. The quantitative estimate of drug-likeness (QED) is 0.324. The summed E-state index contributed by atoms with van der Waals surface area (Å²) >= 11 is 5.41. The van der Waals surface area contributed by atoms with E-state index in [1.54, 1.807) is 18.3 Å². The van der Waals surface area contributed by atoms with Crippen LogP contribution in [0.5, 0.6) is 0 Å². The van der Waals surface area contributed by atoms with Crippen molar-refractivity contribution >= 4 is 29.2 Å². The first-order chi connectivity index (χ1) is 14.1. The van der Waals surface area contributed by atoms with Gasteiger partial charge in [0.05, 0.1) is 18.5 Å². The molecular weight excluding hydrogens is 383 g/mol. The topological polar surface area (TPSA) is 41.4 Å². The first-order valence-electron chi connectivity index (χ1n) is 9.71. The van der Waals surface area contributed by atoms with Crippen molar-refractivity contribution in [3.05, 3.63) is 89.0 Å². The lowest BCUT2D eigenvalue weighted by Gasteiger charge is -2.15. The second-order valence-electron chi connectivity index (χ2n) is 6.63. The van der Waals surface area contributed by atoms with Gasteiger partial charge in [0.2, 0.25) is 0 Å². The van der Waals surface area contributed by atoms with Crippen LogP contribution in [0, 0.1) is 5.82 Å². The smallest absolute Gasteiger partial charge is 0.191 e. The molecule has 0 atom stereocenters. The molecule has 0 aliphatic heterocycles. The van der Waals surface area contributed by atoms with Crippen molar-refractivity contribution in [2.24, 2.45) is 5.10 Å². The Morgan fingerprint density at radius 1 is 1.00 bits per heavy atom. The molecule has 2 aromatic carbocycles. The van der Waals surface area contributed by atoms with Crippen molar-refractivity contribution in [1.82, 2.24) is 9.99 Å². The minimum Gasteiger partial charge on any atom is -0.342 e. The first-order valence-corrected chi connectivity index (χ1v) is 10.1. The molecule has 3 rings (SSSR count). The van der Waals surface area contributed by atoms with Crippen molar-refractivity contribution in [2.45, 2.75) is 33.2 Å². The van der Waals surface area contributed by atoms with Crippen molar-refractivity contribution in [1.29, 1.82) is 0 Å². The number of aromatic nitrogens is 1. The number of para-hydroxylation sites is 1. The molecule has 2 N–H and O–H groups in total. The Balaban J connectivity index is 1.65. The second-order valence-corrected chi connectivity index (χ2v) is 7.04. The predicted octanol–water partition coefficient (Wildman–Crippen LogP) is 5.12. The Labute approximate surface area is 176 Å². The SMILES string of the molecule is CCc1cccc(CC)c1NC(=S)N/N=C/c1cccn1Cc1ccccc1F. The largest absolute Gasteiger partial charge is 0.342 e. The molecule has 0 radical (unpaired) electrons. The fraction of sp³-hybridized carbons (Fsp3) is 0.217. The van der Waals surface area contributed by atoms with Gasteiger partial charge in [-0.1, -0.05) is 50.2 Å². The lowest BCUT2D eigenvalue weighted by atomic mass is 10.0. The molecule has 150 valence electrons. The number of anilines is 1. The van der Waals surface area contributed by atoms with Gasteiger partial charge in [-0.15, -0.1) is 0 Å². The van der Waals surface area contributed by atoms with Gasteiger partial charge in [-0.3, -0.25) is 5.43 Å². The number of rotatable bonds is 7. The van der Waals surface area contributed by atoms with Gasteiger partial charge in [0, 0.05) is 17.4 Å². The van der Waals surface area contributed by atoms with Gasteiger partial charge in [-0.2, -0.15) is 5.10 Å². The summed E-state index contributed by atoms with van der Waals surface area (Å²) in [4.78, 5) is 0. The van der Waals surface area contributed by atoms with Crippen LogP contribution in [-0.2, 0) is 19.4 Å². The Morgan fingerprint density at radius 2 is 1.69 bits per heavy atom. The van der Waals surface area contributed by atoms with E-state index in [1.807, 2.05) is 29.0 Å². The molecule has 4 nitrogen and oxygen atoms in total. The molecule has 0 aliphatic rings. The standard InChI is InChI=1S/C23H25FN4S/c1-3-17-10-7-11-18(4-2)22(17)26-23(29)27-25-15-20-12-8-14-28(20)16-19-9-5-6-13-21(19)24/h5-15H,3-4,16H2,1-2H3,(H2,26,27,29)/b25-15+. The molecule has 0 saturated heterocycles. The lowest BCUT2D eigenvalue weighted by molar-refractivity contribution is 0.599. The van der Waals surface area contributed by atoms with Crippen molar-refractivity contribution in [3.8, 4) is 0 Å². The molecule has 1 heterocycles. The first kappa shape index (κ1) is 20.7. The summed E-state index contributed by atoms with van der Waals surface area (Å²) in [5.74, 6) is -0.214. The number of hydrazone groups is 1. The van der Waals surface area contributed by atoms with E-state index in [9.17, 15) is 4.39 Å². The molecule has 1 aromatic heterocycles. The summed E-state index contributed by atoms with van der Waals surface area (Å²) < 4.78 is 15.8. The van der Waals surface area contributed by atoms with Gasteiger partial charge in [-0.25, -0.2) is 4.39 Å². The summed E-state index contributed by atoms with van der Waals surface area (Å²) in [7, 11) is 0. The third-order valence-electron chi connectivity index (χ3n) is 4.76. The van der Waals surface area contributed by atoms with Gasteiger partial charge < -0.3 is 9.88 Å². The maximum absolute atomic E-state index is 13.9. The zero-order valence-electron chi connectivity index (χ0n) is 16.7. The van der Waals surface area contributed by atoms with Crippen LogP contribution in [0.2, 0.25) is 0 Å². The van der Waals surface area contributed by atoms with E-state index in [0.717, 1.165) is 24.2 Å². The van der Waals surface area contributed by atoms with E-state index in [4.69, 9.17) is 12.2 Å². The summed E-state index contributed by atoms with van der Waals surface area (Å²) in [6, 6.07) is 16.9. The monoisotopic (exact) mass is 408 g/mol. The number of hydrogen-bond acceptors (Lipinski definition) is 2. The van der Waals surface area contributed by atoms with Crippen LogP contribution in [0.1, 0.15) is 36.2 Å². The zero-order chi connectivity index (χ0) is 20.6. The van der Waals surface area contributed by atoms with Crippen molar-refractivity contribution in [3.63, 3.8) is 0 Å². The van der Waals surface area contributed by atoms with E-state index < -0.39 is 0 Å². The molecule has 0 unspecified atom stereocenters. The fourth-order valence-electron chi connectivity index (χ4n) is 3.20. The predicted molar refractivity (Wildman–Crippen MR) is 122 cm³/mol. The van der Waals surface area contributed by atoms with Crippen LogP contribution in [0.4, 0.5) is 10.1 Å². The Hall–Kier alpha value is -2.99. The number of nitrogens with one attached hydrogen (secondary N) is 2. The van der Waals surface area contributed by atoms with E-state index in [-0.39, 0.29) is 5.82 Å². The van der Waals surface area contributed by atoms with Crippen molar-refractivity contribution in [2.75, 3.05) is 5.32 Å². The fourth-order valence-corrected chi connectivity index (χ4v) is 3.36. The normalized spacial score (nSPS) is 11.0. The van der Waals surface area contributed by atoms with Crippen LogP contribution < -0.4 is 10.7 Å². The van der Waals surface area contributed by atoms with Gasteiger partial charge >= 0.3 is 0 Å². The molecule has 0 aliphatic carbocycles. The van der Waals surface area contributed by atoms with Crippen LogP contribution in [0.25, 0.3) is 0 Å². The maximum atomic E-state index is 13.9. The van der Waals surface area contributed by atoms with E-state index in [2.05, 4.69) is 47.9 Å². The van der Waals surface area contributed by atoms with E-state index in [0.29, 0.717) is 17.2 Å². The van der Waals surface area contributed by atoms with Crippen LogP contribution in [0.3, 0.4) is 0 Å². The number of nitrogens with zero attached hydrogens (tertiary/aromatic N) is 2. The third-order valence-corrected chi connectivity index (χ3v) is 4.96. The van der Waals surface area contributed by atoms with E-state index >= 15 is 0 Å². The summed E-state index contributed by atoms with van der Waals surface area (Å²) in [6.45, 7) is 4.68. The van der Waals surface area contributed by atoms with Gasteiger partial charge in [0.25, 0.3) is 0 Å². The minimum atomic E-state index is -0.214. The number of aryl methyl sites for hydroxylation is 2. The third kappa shape index (κ3) is 5.29. The average molecular weight is 409 g/mol. The van der Waals surface area contributed by atoms with Crippen LogP contribution >= 0.6 is 12.2 Å². The van der Waals surface area contributed by atoms with Gasteiger partial charge in [0.1, 0.15) is 5.82 Å². The van der Waals surface area contributed by atoms with Crippen molar-refractivity contribution < 1.29 is 4.39 Å². The molecule has 0 fully saturated rings. The second kappa shape index (κ2) is 9.98. The van der Waals surface area contributed by atoms with Crippen LogP contribution in [-0.4, -0.2) is 15.9 Å². The summed E-state index contributed by atoms with van der Waals surface area (Å²) in [5.41, 5.74) is 7.85. The average Bonchev–Trinajstić information content (AvgIpc) is 3.16. The maximum Gasteiger partial charge on any atom is 0.191 e. The zero-order valence-corrected chi connectivity index (χ0v) is 17.5. The molecule has 0 saturated carbocycles. The molecule has 6 heteroatoms. The molecular formula is C23H25FN4S. The Morgan fingerprint density at radius 3 is 2.38 bits per heavy atom. The number of halogens is 1.